The minimum atomic E-state index is -1.09. The number of ether oxygens (including phenoxy) is 3. The quantitative estimate of drug-likeness (QED) is 0.489. The maximum atomic E-state index is 12.2. The van der Waals surface area contributed by atoms with E-state index in [1.165, 1.54) is 7.11 Å². The number of methoxy groups -OCH3 is 1. The molecule has 174 valence electrons. The van der Waals surface area contributed by atoms with Crippen molar-refractivity contribution in [3.05, 3.63) is 54.1 Å². The van der Waals surface area contributed by atoms with E-state index >= 15 is 0 Å². The van der Waals surface area contributed by atoms with Crippen LogP contribution in [0.5, 0.6) is 17.2 Å². The SMILES string of the molecule is COC1Oc2cc3c(O)cc(C4(O)CC(C)(C)CC(C)(C)C4)c(-c4ccccc4)c3cc2O1. The molecule has 5 heteroatoms. The van der Waals surface area contributed by atoms with E-state index in [0.717, 1.165) is 28.5 Å². The zero-order chi connectivity index (χ0) is 23.6. The predicted octanol–water partition coefficient (Wildman–Crippen LogP) is 6.34. The third-order valence-corrected chi connectivity index (χ3v) is 6.88. The summed E-state index contributed by atoms with van der Waals surface area (Å²) >= 11 is 0. The number of phenolic OH excluding ortho intramolecular Hbond substituents is 1. The molecule has 0 bridgehead atoms. The Hall–Kier alpha value is -2.76. The molecule has 1 aliphatic heterocycles. The second-order valence-corrected chi connectivity index (χ2v) is 11.2. The number of hydrogen-bond acceptors (Lipinski definition) is 5. The van der Waals surface area contributed by atoms with Gasteiger partial charge in [-0.2, -0.15) is 0 Å². The molecule has 0 radical (unpaired) electrons. The van der Waals surface area contributed by atoms with E-state index in [1.54, 1.807) is 12.1 Å². The smallest absolute Gasteiger partial charge is 0.360 e. The maximum absolute atomic E-state index is 12.2. The van der Waals surface area contributed by atoms with Gasteiger partial charge in [-0.3, -0.25) is 0 Å². The fraction of sp³-hybridized carbons (Fsp3) is 0.429. The standard InChI is InChI=1S/C28H32O5/c1-26(2)14-27(3,4)16-28(30,15-26)20-13-21(29)18-11-22-23(33-25(31-5)32-22)12-19(18)24(20)17-9-7-6-8-10-17/h6-13,25,29-30H,14-16H2,1-5H3. The van der Waals surface area contributed by atoms with Gasteiger partial charge in [0.2, 0.25) is 0 Å². The molecule has 5 nitrogen and oxygen atoms in total. The monoisotopic (exact) mass is 448 g/mol. The third kappa shape index (κ3) is 3.83. The highest BCUT2D eigenvalue weighted by Crippen LogP contribution is 2.57. The fourth-order valence-corrected chi connectivity index (χ4v) is 6.46. The van der Waals surface area contributed by atoms with Crippen LogP contribution in [0.15, 0.2) is 48.5 Å². The van der Waals surface area contributed by atoms with E-state index in [9.17, 15) is 10.2 Å². The number of fused-ring (bicyclic) bond motifs is 2. The largest absolute Gasteiger partial charge is 0.507 e. The maximum Gasteiger partial charge on any atom is 0.360 e. The Labute approximate surface area is 194 Å². The zero-order valence-corrected chi connectivity index (χ0v) is 19.9. The van der Waals surface area contributed by atoms with Crippen molar-refractivity contribution in [1.29, 1.82) is 0 Å². The van der Waals surface area contributed by atoms with Crippen molar-refractivity contribution in [2.45, 2.75) is 59.0 Å². The Bertz CT molecular complexity index is 1200. The van der Waals surface area contributed by atoms with Crippen LogP contribution in [0.25, 0.3) is 21.9 Å². The molecule has 33 heavy (non-hydrogen) atoms. The van der Waals surface area contributed by atoms with Crippen LogP contribution in [0.2, 0.25) is 0 Å². The van der Waals surface area contributed by atoms with Gasteiger partial charge in [-0.05, 0) is 70.4 Å². The van der Waals surface area contributed by atoms with E-state index in [2.05, 4.69) is 27.7 Å². The first-order valence-electron chi connectivity index (χ1n) is 11.5. The summed E-state index contributed by atoms with van der Waals surface area (Å²) in [5.41, 5.74) is 1.46. The molecule has 1 atom stereocenters. The number of aromatic hydroxyl groups is 1. The second-order valence-electron chi connectivity index (χ2n) is 11.2. The summed E-state index contributed by atoms with van der Waals surface area (Å²) in [5.74, 6) is 1.19. The number of phenols is 1. The summed E-state index contributed by atoms with van der Waals surface area (Å²) in [6.07, 6.45) is 2.26. The highest BCUT2D eigenvalue weighted by atomic mass is 16.9. The van der Waals surface area contributed by atoms with E-state index in [-0.39, 0.29) is 16.6 Å². The van der Waals surface area contributed by atoms with Gasteiger partial charge in [-0.1, -0.05) is 58.0 Å². The molecule has 1 unspecified atom stereocenters. The summed E-state index contributed by atoms with van der Waals surface area (Å²) in [6, 6.07) is 15.5. The lowest BCUT2D eigenvalue weighted by Crippen LogP contribution is -2.44. The summed E-state index contributed by atoms with van der Waals surface area (Å²) < 4.78 is 16.7. The Kier molecular flexibility index (Phi) is 4.93. The first-order valence-corrected chi connectivity index (χ1v) is 11.5. The summed E-state index contributed by atoms with van der Waals surface area (Å²) in [6.45, 7) is 8.04. The molecule has 0 saturated heterocycles. The second kappa shape index (κ2) is 7.37. The van der Waals surface area contributed by atoms with Crippen molar-refractivity contribution >= 4 is 10.8 Å². The van der Waals surface area contributed by atoms with Crippen molar-refractivity contribution < 1.29 is 24.4 Å². The van der Waals surface area contributed by atoms with Crippen LogP contribution < -0.4 is 9.47 Å². The molecular formula is C28H32O5. The van der Waals surface area contributed by atoms with Gasteiger partial charge in [0.25, 0.3) is 0 Å². The van der Waals surface area contributed by atoms with Gasteiger partial charge in [0.1, 0.15) is 5.75 Å². The first-order chi connectivity index (χ1) is 15.5. The summed E-state index contributed by atoms with van der Waals surface area (Å²) in [7, 11) is 1.52. The average Bonchev–Trinajstić information content (AvgIpc) is 3.12. The van der Waals surface area contributed by atoms with Crippen molar-refractivity contribution in [2.75, 3.05) is 7.11 Å². The highest BCUT2D eigenvalue weighted by molar-refractivity contribution is 6.03. The summed E-state index contributed by atoms with van der Waals surface area (Å²) in [5, 5.41) is 24.8. The molecule has 5 rings (SSSR count). The molecule has 2 aliphatic rings. The molecule has 1 fully saturated rings. The van der Waals surface area contributed by atoms with Crippen LogP contribution in [0.3, 0.4) is 0 Å². The number of aliphatic hydroxyl groups is 1. The van der Waals surface area contributed by atoms with Crippen LogP contribution in [0.1, 0.15) is 52.5 Å². The normalized spacial score (nSPS) is 22.4. The molecule has 0 amide bonds. The zero-order valence-electron chi connectivity index (χ0n) is 19.9. The lowest BCUT2D eigenvalue weighted by atomic mass is 9.57. The molecule has 1 heterocycles. The van der Waals surface area contributed by atoms with Crippen molar-refractivity contribution in [2.24, 2.45) is 10.8 Å². The first kappa shape index (κ1) is 22.1. The van der Waals surface area contributed by atoms with Crippen LogP contribution >= 0.6 is 0 Å². The molecule has 3 aromatic carbocycles. The molecule has 1 saturated carbocycles. The van der Waals surface area contributed by atoms with E-state index in [4.69, 9.17) is 14.2 Å². The molecule has 0 aromatic heterocycles. The lowest BCUT2D eigenvalue weighted by molar-refractivity contribution is -0.157. The Morgan fingerprint density at radius 1 is 0.848 bits per heavy atom. The Balaban J connectivity index is 1.80. The Morgan fingerprint density at radius 2 is 1.42 bits per heavy atom. The average molecular weight is 449 g/mol. The topological polar surface area (TPSA) is 68.2 Å². The number of rotatable bonds is 3. The number of hydrogen-bond donors (Lipinski definition) is 2. The van der Waals surface area contributed by atoms with Crippen LogP contribution in [0.4, 0.5) is 0 Å². The molecule has 2 N–H and O–H groups in total. The van der Waals surface area contributed by atoms with E-state index < -0.39 is 12.1 Å². The van der Waals surface area contributed by atoms with Gasteiger partial charge in [-0.25, -0.2) is 0 Å². The third-order valence-electron chi connectivity index (χ3n) is 6.88. The van der Waals surface area contributed by atoms with Crippen LogP contribution in [-0.4, -0.2) is 23.8 Å². The van der Waals surface area contributed by atoms with Gasteiger partial charge in [0.05, 0.1) is 5.60 Å². The summed E-state index contributed by atoms with van der Waals surface area (Å²) in [4.78, 5) is 0. The van der Waals surface area contributed by atoms with Crippen molar-refractivity contribution in [1.82, 2.24) is 0 Å². The van der Waals surface area contributed by atoms with Crippen LogP contribution in [-0.2, 0) is 10.3 Å². The van der Waals surface area contributed by atoms with E-state index in [0.29, 0.717) is 29.7 Å². The molecule has 0 spiro atoms. The van der Waals surface area contributed by atoms with Gasteiger partial charge < -0.3 is 24.4 Å². The Morgan fingerprint density at radius 3 is 2.00 bits per heavy atom. The van der Waals surface area contributed by atoms with Gasteiger partial charge in [0, 0.05) is 12.5 Å². The predicted molar refractivity (Wildman–Crippen MR) is 128 cm³/mol. The van der Waals surface area contributed by atoms with E-state index in [1.807, 2.05) is 36.4 Å². The number of benzene rings is 3. The van der Waals surface area contributed by atoms with Crippen LogP contribution in [0, 0.1) is 10.8 Å². The molecule has 1 aliphatic carbocycles. The fourth-order valence-electron chi connectivity index (χ4n) is 6.46. The van der Waals surface area contributed by atoms with Crippen molar-refractivity contribution in [3.63, 3.8) is 0 Å². The van der Waals surface area contributed by atoms with Gasteiger partial charge in [-0.15, -0.1) is 0 Å². The molecule has 3 aromatic rings. The minimum absolute atomic E-state index is 0.0460. The molecular weight excluding hydrogens is 416 g/mol. The minimum Gasteiger partial charge on any atom is -0.507 e. The lowest BCUT2D eigenvalue weighted by Gasteiger charge is -2.50. The van der Waals surface area contributed by atoms with Gasteiger partial charge >= 0.3 is 6.48 Å². The van der Waals surface area contributed by atoms with Crippen molar-refractivity contribution in [3.8, 4) is 28.4 Å². The highest BCUT2D eigenvalue weighted by Gasteiger charge is 2.48. The van der Waals surface area contributed by atoms with Gasteiger partial charge in [0.15, 0.2) is 11.5 Å².